The quantitative estimate of drug-likeness (QED) is 0.402. The summed E-state index contributed by atoms with van der Waals surface area (Å²) in [5.41, 5.74) is 1.78. The summed E-state index contributed by atoms with van der Waals surface area (Å²) in [6.07, 6.45) is 0.859. The molecule has 0 radical (unpaired) electrons. The minimum Gasteiger partial charge on any atom is -0.447 e. The fraction of sp³-hybridized carbons (Fsp3) is 0.417. The third-order valence-electron chi connectivity index (χ3n) is 7.05. The number of hydrogen-bond donors (Lipinski definition) is 0. The van der Waals surface area contributed by atoms with Gasteiger partial charge in [-0.05, 0) is 37.1 Å². The van der Waals surface area contributed by atoms with Crippen molar-refractivity contribution in [2.45, 2.75) is 38.5 Å². The number of halogens is 1. The second kappa shape index (κ2) is 8.46. The SMILES string of the molecule is Cc1csc(-c2c3c(=O)n(C)c(=O)n(C)c3c3n2C(c2ccc(Cl)o2)C(CN2CCCC2=O)OC3)n1. The van der Waals surface area contributed by atoms with Crippen LogP contribution in [-0.4, -0.2) is 48.7 Å². The molecule has 0 bridgehead atoms. The van der Waals surface area contributed by atoms with E-state index < -0.39 is 23.4 Å². The highest BCUT2D eigenvalue weighted by Gasteiger charge is 2.41. The summed E-state index contributed by atoms with van der Waals surface area (Å²) in [7, 11) is 3.12. The van der Waals surface area contributed by atoms with Crippen molar-refractivity contribution < 1.29 is 13.9 Å². The summed E-state index contributed by atoms with van der Waals surface area (Å²) in [5, 5.41) is 3.19. The van der Waals surface area contributed by atoms with Gasteiger partial charge in [-0.2, -0.15) is 0 Å². The molecular weight excluding hydrogens is 506 g/mol. The fourth-order valence-electron chi connectivity index (χ4n) is 5.39. The standard InChI is InChI=1S/C24H24ClN5O5S/c1-12-11-36-22(26-12)21-18-19(27(2)24(33)28(3)23(18)32)13-10-34-15(9-29-8-4-5-17(29)31)20(30(13)21)14-6-7-16(25)35-14/h6-7,11,15,20H,4-5,8-10H2,1-3H3. The number of furan rings is 1. The van der Waals surface area contributed by atoms with Crippen LogP contribution < -0.4 is 11.2 Å². The van der Waals surface area contributed by atoms with Crippen molar-refractivity contribution in [3.8, 4) is 10.7 Å². The molecule has 4 aromatic heterocycles. The van der Waals surface area contributed by atoms with Gasteiger partial charge in [0.05, 0.1) is 28.9 Å². The summed E-state index contributed by atoms with van der Waals surface area (Å²) in [6, 6.07) is 2.90. The molecule has 1 amide bonds. The average molecular weight is 530 g/mol. The Balaban J connectivity index is 1.68. The lowest BCUT2D eigenvalue weighted by atomic mass is 10.0. The molecule has 0 aromatic carbocycles. The van der Waals surface area contributed by atoms with Crippen LogP contribution in [0.25, 0.3) is 21.6 Å². The summed E-state index contributed by atoms with van der Waals surface area (Å²) in [4.78, 5) is 45.4. The number of carbonyl (C=O) groups is 1. The summed E-state index contributed by atoms with van der Waals surface area (Å²) < 4.78 is 16.8. The van der Waals surface area contributed by atoms with E-state index in [1.165, 1.54) is 23.0 Å². The lowest BCUT2D eigenvalue weighted by Crippen LogP contribution is -2.43. The number of amides is 1. The van der Waals surface area contributed by atoms with Crippen LogP contribution in [0.15, 0.2) is 31.5 Å². The van der Waals surface area contributed by atoms with E-state index in [-0.39, 0.29) is 17.7 Å². The molecule has 2 aliphatic heterocycles. The largest absolute Gasteiger partial charge is 0.447 e. The van der Waals surface area contributed by atoms with Crippen LogP contribution >= 0.6 is 22.9 Å². The van der Waals surface area contributed by atoms with Crippen molar-refractivity contribution in [3.63, 3.8) is 0 Å². The zero-order chi connectivity index (χ0) is 25.3. The third kappa shape index (κ3) is 3.40. The zero-order valence-corrected chi connectivity index (χ0v) is 21.6. The molecule has 188 valence electrons. The maximum atomic E-state index is 13.5. The summed E-state index contributed by atoms with van der Waals surface area (Å²) >= 11 is 7.62. The topological polar surface area (TPSA) is 104 Å². The number of hydrogen-bond acceptors (Lipinski definition) is 7. The Morgan fingerprint density at radius 3 is 2.64 bits per heavy atom. The average Bonchev–Trinajstić information content (AvgIpc) is 3.63. The maximum absolute atomic E-state index is 13.5. The van der Waals surface area contributed by atoms with Crippen LogP contribution in [-0.2, 0) is 30.2 Å². The van der Waals surface area contributed by atoms with Crippen molar-refractivity contribution in [3.05, 3.63) is 60.7 Å². The zero-order valence-electron chi connectivity index (χ0n) is 20.0. The van der Waals surface area contributed by atoms with Gasteiger partial charge in [-0.3, -0.25) is 18.7 Å². The van der Waals surface area contributed by atoms with E-state index in [9.17, 15) is 14.4 Å². The molecule has 36 heavy (non-hydrogen) atoms. The maximum Gasteiger partial charge on any atom is 0.331 e. The molecule has 4 aromatic rings. The van der Waals surface area contributed by atoms with Gasteiger partial charge in [0.15, 0.2) is 5.22 Å². The van der Waals surface area contributed by atoms with Crippen LogP contribution in [0.1, 0.15) is 36.0 Å². The number of ether oxygens (including phenoxy) is 1. The van der Waals surface area contributed by atoms with Crippen LogP contribution in [0.4, 0.5) is 0 Å². The van der Waals surface area contributed by atoms with Gasteiger partial charge in [-0.25, -0.2) is 9.78 Å². The summed E-state index contributed by atoms with van der Waals surface area (Å²) in [6.45, 7) is 3.07. The van der Waals surface area contributed by atoms with Gasteiger partial charge in [-0.1, -0.05) is 0 Å². The Morgan fingerprint density at radius 2 is 2.00 bits per heavy atom. The number of thiazole rings is 1. The van der Waals surface area contributed by atoms with Gasteiger partial charge in [0.25, 0.3) is 5.56 Å². The lowest BCUT2D eigenvalue weighted by molar-refractivity contribution is -0.130. The van der Waals surface area contributed by atoms with E-state index in [0.29, 0.717) is 52.6 Å². The Labute approximate surface area is 214 Å². The highest BCUT2D eigenvalue weighted by molar-refractivity contribution is 7.13. The van der Waals surface area contributed by atoms with Gasteiger partial charge in [0.1, 0.15) is 22.9 Å². The predicted octanol–water partition coefficient (Wildman–Crippen LogP) is 2.83. The minimum absolute atomic E-state index is 0.0883. The monoisotopic (exact) mass is 529 g/mol. The van der Waals surface area contributed by atoms with Crippen molar-refractivity contribution in [2.75, 3.05) is 13.1 Å². The molecular formula is C24H24ClN5O5S. The minimum atomic E-state index is -0.541. The number of aromatic nitrogens is 4. The Morgan fingerprint density at radius 1 is 1.19 bits per heavy atom. The van der Waals surface area contributed by atoms with E-state index in [4.69, 9.17) is 25.7 Å². The molecule has 0 saturated carbocycles. The first-order valence-electron chi connectivity index (χ1n) is 11.7. The molecule has 0 aliphatic carbocycles. The summed E-state index contributed by atoms with van der Waals surface area (Å²) in [5.74, 6) is 0.625. The Hall–Kier alpha value is -3.15. The molecule has 2 aliphatic rings. The van der Waals surface area contributed by atoms with Gasteiger partial charge < -0.3 is 18.6 Å². The first-order chi connectivity index (χ1) is 17.3. The van der Waals surface area contributed by atoms with Gasteiger partial charge in [0, 0.05) is 44.7 Å². The second-order valence-corrected chi connectivity index (χ2v) is 10.5. The smallest absolute Gasteiger partial charge is 0.331 e. The van der Waals surface area contributed by atoms with Crippen LogP contribution in [0.2, 0.25) is 5.22 Å². The molecule has 1 saturated heterocycles. The molecule has 0 N–H and O–H groups in total. The first kappa shape index (κ1) is 23.3. The van der Waals surface area contributed by atoms with Gasteiger partial charge in [-0.15, -0.1) is 11.3 Å². The highest BCUT2D eigenvalue weighted by atomic mass is 35.5. The third-order valence-corrected chi connectivity index (χ3v) is 8.22. The van der Waals surface area contributed by atoms with Gasteiger partial charge >= 0.3 is 5.69 Å². The Kier molecular flexibility index (Phi) is 5.47. The van der Waals surface area contributed by atoms with Crippen molar-refractivity contribution >= 4 is 39.7 Å². The van der Waals surface area contributed by atoms with Crippen LogP contribution in [0.3, 0.4) is 0 Å². The number of carbonyl (C=O) groups excluding carboxylic acids is 1. The Bertz CT molecular complexity index is 1640. The molecule has 12 heteroatoms. The van der Waals surface area contributed by atoms with E-state index in [1.807, 2.05) is 16.9 Å². The lowest BCUT2D eigenvalue weighted by Gasteiger charge is -2.36. The molecule has 6 rings (SSSR count). The van der Waals surface area contributed by atoms with E-state index in [0.717, 1.165) is 16.7 Å². The van der Waals surface area contributed by atoms with Crippen molar-refractivity contribution in [1.29, 1.82) is 0 Å². The van der Waals surface area contributed by atoms with Crippen LogP contribution in [0, 0.1) is 6.92 Å². The highest BCUT2D eigenvalue weighted by Crippen LogP contribution is 2.43. The number of aryl methyl sites for hydroxylation is 2. The van der Waals surface area contributed by atoms with E-state index in [1.54, 1.807) is 24.1 Å². The molecule has 2 unspecified atom stereocenters. The van der Waals surface area contributed by atoms with Crippen molar-refractivity contribution in [1.82, 2.24) is 23.6 Å². The van der Waals surface area contributed by atoms with Crippen LogP contribution in [0.5, 0.6) is 0 Å². The van der Waals surface area contributed by atoms with E-state index in [2.05, 4.69) is 0 Å². The van der Waals surface area contributed by atoms with Crippen molar-refractivity contribution in [2.24, 2.45) is 14.1 Å². The number of fused-ring (bicyclic) bond motifs is 3. The molecule has 10 nitrogen and oxygen atoms in total. The molecule has 0 spiro atoms. The number of rotatable bonds is 4. The fourth-order valence-corrected chi connectivity index (χ4v) is 6.39. The number of likely N-dealkylation sites (tertiary alicyclic amines) is 1. The predicted molar refractivity (Wildman–Crippen MR) is 135 cm³/mol. The number of nitrogens with zero attached hydrogens (tertiary/aromatic N) is 5. The second-order valence-electron chi connectivity index (χ2n) is 9.27. The first-order valence-corrected chi connectivity index (χ1v) is 12.9. The van der Waals surface area contributed by atoms with Gasteiger partial charge in [0.2, 0.25) is 5.91 Å². The molecule has 6 heterocycles. The molecule has 2 atom stereocenters. The normalized spacial score (nSPS) is 20.0. The molecule has 1 fully saturated rings. The van der Waals surface area contributed by atoms with E-state index >= 15 is 0 Å².